The highest BCUT2D eigenvalue weighted by molar-refractivity contribution is 7.89. The van der Waals surface area contributed by atoms with Gasteiger partial charge in [0.2, 0.25) is 20.0 Å². The third-order valence-corrected chi connectivity index (χ3v) is 8.95. The summed E-state index contributed by atoms with van der Waals surface area (Å²) in [5, 5.41) is 11.6. The Morgan fingerprint density at radius 1 is 1.00 bits per heavy atom. The van der Waals surface area contributed by atoms with Crippen LogP contribution < -0.4 is 9.64 Å². The van der Waals surface area contributed by atoms with Gasteiger partial charge in [0, 0.05) is 46.3 Å². The van der Waals surface area contributed by atoms with Gasteiger partial charge in [0.15, 0.2) is 4.90 Å². The van der Waals surface area contributed by atoms with E-state index in [0.29, 0.717) is 18.8 Å². The molecule has 0 saturated carbocycles. The van der Waals surface area contributed by atoms with Crippen LogP contribution in [0, 0.1) is 10.1 Å². The van der Waals surface area contributed by atoms with E-state index in [-0.39, 0.29) is 18.0 Å². The van der Waals surface area contributed by atoms with Crippen molar-refractivity contribution in [2.45, 2.75) is 9.79 Å². The number of anilines is 1. The molecule has 174 valence electrons. The van der Waals surface area contributed by atoms with Gasteiger partial charge >= 0.3 is 0 Å². The maximum Gasteiger partial charge on any atom is 0.290 e. The zero-order valence-electron chi connectivity index (χ0n) is 17.8. The van der Waals surface area contributed by atoms with Crippen molar-refractivity contribution in [1.82, 2.24) is 8.61 Å². The Bertz CT molecular complexity index is 1220. The highest BCUT2D eigenvalue weighted by Gasteiger charge is 2.35. The standard InChI is InChI=1S/C19H24N4O7S2/c1-20(2)31(26,27)15-8-9-19(17(14-15)23(24)25)32(28,29)22-12-10-21(11-13-22)16-6-4-5-7-18(16)30-3/h4-9,14H,10-13H2,1-3H3. The van der Waals surface area contributed by atoms with E-state index in [4.69, 9.17) is 4.74 Å². The Hall–Kier alpha value is -2.74. The largest absolute Gasteiger partial charge is 0.495 e. The molecule has 32 heavy (non-hydrogen) atoms. The number of nitro groups is 1. The molecule has 1 aliphatic rings. The molecule has 0 aliphatic carbocycles. The van der Waals surface area contributed by atoms with Gasteiger partial charge < -0.3 is 9.64 Å². The fourth-order valence-corrected chi connectivity index (χ4v) is 5.91. The van der Waals surface area contributed by atoms with Crippen LogP contribution in [0.25, 0.3) is 0 Å². The third kappa shape index (κ3) is 4.41. The second kappa shape index (κ2) is 9.02. The SMILES string of the molecule is COc1ccccc1N1CCN(S(=O)(=O)c2ccc(S(=O)(=O)N(C)C)cc2[N+](=O)[O-])CC1. The van der Waals surface area contributed by atoms with E-state index in [1.165, 1.54) is 18.4 Å². The number of piperazine rings is 1. The minimum absolute atomic E-state index is 0.106. The van der Waals surface area contributed by atoms with E-state index in [2.05, 4.69) is 0 Å². The van der Waals surface area contributed by atoms with Crippen LogP contribution in [0.1, 0.15) is 0 Å². The maximum atomic E-state index is 13.2. The number of para-hydroxylation sites is 2. The van der Waals surface area contributed by atoms with Crippen molar-refractivity contribution in [1.29, 1.82) is 0 Å². The minimum atomic E-state index is -4.22. The molecule has 13 heteroatoms. The lowest BCUT2D eigenvalue weighted by atomic mass is 10.2. The molecule has 1 aliphatic heterocycles. The number of benzene rings is 2. The topological polar surface area (TPSA) is 130 Å². The number of hydrogen-bond donors (Lipinski definition) is 0. The Labute approximate surface area is 187 Å². The molecule has 0 N–H and O–H groups in total. The van der Waals surface area contributed by atoms with Gasteiger partial charge in [-0.1, -0.05) is 12.1 Å². The lowest BCUT2D eigenvalue weighted by molar-refractivity contribution is -0.388. The molecule has 1 heterocycles. The smallest absolute Gasteiger partial charge is 0.290 e. The van der Waals surface area contributed by atoms with Crippen LogP contribution in [0.5, 0.6) is 5.75 Å². The van der Waals surface area contributed by atoms with Gasteiger partial charge in [-0.25, -0.2) is 21.1 Å². The fraction of sp³-hybridized carbons (Fsp3) is 0.368. The molecule has 0 unspecified atom stereocenters. The average Bonchev–Trinajstić information content (AvgIpc) is 2.78. The van der Waals surface area contributed by atoms with Gasteiger partial charge in [-0.05, 0) is 24.3 Å². The summed E-state index contributed by atoms with van der Waals surface area (Å²) in [5.41, 5.74) is 0.0522. The maximum absolute atomic E-state index is 13.2. The number of sulfonamides is 2. The first-order valence-electron chi connectivity index (χ1n) is 9.59. The number of nitrogens with zero attached hydrogens (tertiary/aromatic N) is 4. The van der Waals surface area contributed by atoms with Crippen LogP contribution in [-0.4, -0.2) is 77.8 Å². The molecule has 0 amide bonds. The molecular formula is C19H24N4O7S2. The van der Waals surface area contributed by atoms with Crippen LogP contribution in [0.15, 0.2) is 52.3 Å². The molecule has 11 nitrogen and oxygen atoms in total. The molecule has 0 bridgehead atoms. The summed E-state index contributed by atoms with van der Waals surface area (Å²) >= 11 is 0. The highest BCUT2D eigenvalue weighted by atomic mass is 32.2. The van der Waals surface area contributed by atoms with Gasteiger partial charge in [-0.3, -0.25) is 10.1 Å². The van der Waals surface area contributed by atoms with Crippen LogP contribution >= 0.6 is 0 Å². The number of methoxy groups -OCH3 is 1. The van der Waals surface area contributed by atoms with Crippen molar-refractivity contribution in [3.05, 3.63) is 52.6 Å². The molecule has 2 aromatic rings. The molecule has 0 aromatic heterocycles. The zero-order chi connectivity index (χ0) is 23.7. The highest BCUT2D eigenvalue weighted by Crippen LogP contribution is 2.32. The van der Waals surface area contributed by atoms with Gasteiger partial charge in [0.1, 0.15) is 5.75 Å². The summed E-state index contributed by atoms with van der Waals surface area (Å²) in [6.07, 6.45) is 0. The molecule has 2 aromatic carbocycles. The Morgan fingerprint density at radius 3 is 2.19 bits per heavy atom. The lowest BCUT2D eigenvalue weighted by Gasteiger charge is -2.35. The van der Waals surface area contributed by atoms with E-state index in [1.54, 1.807) is 7.11 Å². The first kappa shape index (κ1) is 23.9. The first-order valence-corrected chi connectivity index (χ1v) is 12.5. The second-order valence-corrected chi connectivity index (χ2v) is 11.3. The van der Waals surface area contributed by atoms with Crippen LogP contribution in [-0.2, 0) is 20.0 Å². The Morgan fingerprint density at radius 2 is 1.62 bits per heavy atom. The summed E-state index contributed by atoms with van der Waals surface area (Å²) in [6.45, 7) is 0.936. The van der Waals surface area contributed by atoms with Crippen molar-refractivity contribution in [3.8, 4) is 5.75 Å². The van der Waals surface area contributed by atoms with Crippen molar-refractivity contribution in [3.63, 3.8) is 0 Å². The van der Waals surface area contributed by atoms with Crippen molar-refractivity contribution in [2.24, 2.45) is 0 Å². The normalized spacial score (nSPS) is 15.7. The van der Waals surface area contributed by atoms with Crippen molar-refractivity contribution < 1.29 is 26.5 Å². The molecule has 0 atom stereocenters. The van der Waals surface area contributed by atoms with Gasteiger partial charge in [0.25, 0.3) is 5.69 Å². The van der Waals surface area contributed by atoms with Gasteiger partial charge in [-0.2, -0.15) is 4.31 Å². The van der Waals surface area contributed by atoms with Crippen molar-refractivity contribution in [2.75, 3.05) is 52.3 Å². The molecule has 1 fully saturated rings. The fourth-order valence-electron chi connectivity index (χ4n) is 3.43. The summed E-state index contributed by atoms with van der Waals surface area (Å²) in [6, 6.07) is 10.2. The monoisotopic (exact) mass is 484 g/mol. The first-order chi connectivity index (χ1) is 15.0. The summed E-state index contributed by atoms with van der Waals surface area (Å²) in [5.74, 6) is 0.664. The van der Waals surface area contributed by atoms with E-state index in [9.17, 15) is 26.9 Å². The lowest BCUT2D eigenvalue weighted by Crippen LogP contribution is -2.48. The molecule has 0 spiro atoms. The second-order valence-electron chi connectivity index (χ2n) is 7.24. The molecule has 1 saturated heterocycles. The van der Waals surface area contributed by atoms with Gasteiger partial charge in [-0.15, -0.1) is 0 Å². The average molecular weight is 485 g/mol. The van der Waals surface area contributed by atoms with Crippen molar-refractivity contribution >= 4 is 31.4 Å². The molecular weight excluding hydrogens is 460 g/mol. The predicted octanol–water partition coefficient (Wildman–Crippen LogP) is 1.36. The zero-order valence-corrected chi connectivity index (χ0v) is 19.5. The van der Waals surface area contributed by atoms with Crippen LogP contribution in [0.3, 0.4) is 0 Å². The predicted molar refractivity (Wildman–Crippen MR) is 118 cm³/mol. The molecule has 3 rings (SSSR count). The Balaban J connectivity index is 1.89. The number of nitro benzene ring substituents is 1. The summed E-state index contributed by atoms with van der Waals surface area (Å²) in [4.78, 5) is 11.8. The minimum Gasteiger partial charge on any atom is -0.495 e. The number of rotatable bonds is 7. The quantitative estimate of drug-likeness (QED) is 0.425. The van der Waals surface area contributed by atoms with Gasteiger partial charge in [0.05, 0.1) is 22.6 Å². The Kier molecular flexibility index (Phi) is 6.74. The number of ether oxygens (including phenoxy) is 1. The summed E-state index contributed by atoms with van der Waals surface area (Å²) in [7, 11) is -4.05. The summed E-state index contributed by atoms with van der Waals surface area (Å²) < 4.78 is 58.5. The van der Waals surface area contributed by atoms with E-state index >= 15 is 0 Å². The third-order valence-electron chi connectivity index (χ3n) is 5.19. The van der Waals surface area contributed by atoms with E-state index in [1.807, 2.05) is 29.2 Å². The van der Waals surface area contributed by atoms with Crippen LogP contribution in [0.2, 0.25) is 0 Å². The van der Waals surface area contributed by atoms with E-state index < -0.39 is 35.6 Å². The van der Waals surface area contributed by atoms with Crippen LogP contribution in [0.4, 0.5) is 11.4 Å². The number of hydrogen-bond acceptors (Lipinski definition) is 8. The van der Waals surface area contributed by atoms with E-state index in [0.717, 1.165) is 28.2 Å². The molecule has 0 radical (unpaired) electrons.